The Morgan fingerprint density at radius 3 is 2.62 bits per heavy atom. The number of hydrogen-bond donors (Lipinski definition) is 2. The van der Waals surface area contributed by atoms with Crippen LogP contribution in [0.1, 0.15) is 27.2 Å². The first-order valence-electron chi connectivity index (χ1n) is 4.42. The molecule has 0 rings (SSSR count). The van der Waals surface area contributed by atoms with Crippen molar-refractivity contribution in [2.24, 2.45) is 11.1 Å². The third-order valence-electron chi connectivity index (χ3n) is 1.84. The molecule has 0 aromatic heterocycles. The highest BCUT2D eigenvalue weighted by atomic mass is 16.2. The maximum atomic E-state index is 11.4. The number of hydrogen-bond acceptors (Lipinski definition) is 2. The summed E-state index contributed by atoms with van der Waals surface area (Å²) in [5, 5.41) is 2.79. The standard InChI is InChI=1S/C10H18N2O/c1-4-5-6-7-12-9(13)10(2,3)8-11/h6-8,11H2,1-3H3,(H,12,13). The molecule has 0 aliphatic carbocycles. The van der Waals surface area contributed by atoms with Crippen LogP contribution in [-0.4, -0.2) is 19.0 Å². The number of amides is 1. The molecule has 3 nitrogen and oxygen atoms in total. The van der Waals surface area contributed by atoms with E-state index in [1.165, 1.54) is 0 Å². The monoisotopic (exact) mass is 182 g/mol. The highest BCUT2D eigenvalue weighted by molar-refractivity contribution is 5.81. The average molecular weight is 182 g/mol. The van der Waals surface area contributed by atoms with Gasteiger partial charge in [0.25, 0.3) is 0 Å². The van der Waals surface area contributed by atoms with Gasteiger partial charge in [0.1, 0.15) is 0 Å². The number of nitrogens with one attached hydrogen (secondary N) is 1. The van der Waals surface area contributed by atoms with Gasteiger partial charge in [-0.3, -0.25) is 4.79 Å². The van der Waals surface area contributed by atoms with Crippen molar-refractivity contribution in [1.82, 2.24) is 5.32 Å². The van der Waals surface area contributed by atoms with Crippen LogP contribution in [-0.2, 0) is 4.79 Å². The Balaban J connectivity index is 3.79. The van der Waals surface area contributed by atoms with Crippen molar-refractivity contribution < 1.29 is 4.79 Å². The van der Waals surface area contributed by atoms with Gasteiger partial charge < -0.3 is 11.1 Å². The predicted octanol–water partition coefficient (Wildman–Crippen LogP) is 0.501. The predicted molar refractivity (Wildman–Crippen MR) is 53.9 cm³/mol. The molecule has 13 heavy (non-hydrogen) atoms. The first-order valence-corrected chi connectivity index (χ1v) is 4.42. The molecule has 0 aliphatic rings. The zero-order valence-electron chi connectivity index (χ0n) is 8.61. The van der Waals surface area contributed by atoms with E-state index in [9.17, 15) is 4.79 Å². The fourth-order valence-electron chi connectivity index (χ4n) is 0.696. The van der Waals surface area contributed by atoms with E-state index in [1.807, 2.05) is 13.8 Å². The Morgan fingerprint density at radius 2 is 2.15 bits per heavy atom. The average Bonchev–Trinajstić information content (AvgIpc) is 2.12. The molecule has 0 atom stereocenters. The van der Waals surface area contributed by atoms with Gasteiger partial charge in [-0.25, -0.2) is 0 Å². The Kier molecular flexibility index (Phi) is 5.17. The summed E-state index contributed by atoms with van der Waals surface area (Å²) in [6.07, 6.45) is 0.697. The molecule has 0 aromatic rings. The van der Waals surface area contributed by atoms with Crippen LogP contribution in [0.25, 0.3) is 0 Å². The zero-order chi connectivity index (χ0) is 10.3. The second kappa shape index (κ2) is 5.60. The van der Waals surface area contributed by atoms with Crippen LogP contribution in [0.4, 0.5) is 0 Å². The summed E-state index contributed by atoms with van der Waals surface area (Å²) in [6.45, 7) is 6.40. The molecule has 0 spiro atoms. The van der Waals surface area contributed by atoms with Crippen molar-refractivity contribution in [3.8, 4) is 11.8 Å². The third-order valence-corrected chi connectivity index (χ3v) is 1.84. The summed E-state index contributed by atoms with van der Waals surface area (Å²) in [6, 6.07) is 0. The maximum absolute atomic E-state index is 11.4. The molecule has 0 radical (unpaired) electrons. The van der Waals surface area contributed by atoms with Crippen molar-refractivity contribution in [3.63, 3.8) is 0 Å². The molecule has 74 valence electrons. The molecule has 3 heteroatoms. The Hall–Kier alpha value is -1.01. The molecule has 3 N–H and O–H groups in total. The molecule has 0 bridgehead atoms. The van der Waals surface area contributed by atoms with Gasteiger partial charge in [-0.05, 0) is 20.8 Å². The summed E-state index contributed by atoms with van der Waals surface area (Å²) in [5.41, 5.74) is 4.98. The van der Waals surface area contributed by atoms with Crippen molar-refractivity contribution in [2.75, 3.05) is 13.1 Å². The van der Waals surface area contributed by atoms with Crippen LogP contribution in [0.5, 0.6) is 0 Å². The van der Waals surface area contributed by atoms with Gasteiger partial charge in [0.05, 0.1) is 5.41 Å². The molecule has 1 amide bonds. The van der Waals surface area contributed by atoms with Crippen LogP contribution < -0.4 is 11.1 Å². The van der Waals surface area contributed by atoms with Gasteiger partial charge in [-0.2, -0.15) is 0 Å². The lowest BCUT2D eigenvalue weighted by atomic mass is 9.93. The molecular weight excluding hydrogens is 164 g/mol. The summed E-state index contributed by atoms with van der Waals surface area (Å²) < 4.78 is 0. The summed E-state index contributed by atoms with van der Waals surface area (Å²) >= 11 is 0. The lowest BCUT2D eigenvalue weighted by Gasteiger charge is -2.20. The molecule has 0 saturated heterocycles. The van der Waals surface area contributed by atoms with Gasteiger partial charge >= 0.3 is 0 Å². The third kappa shape index (κ3) is 4.54. The van der Waals surface area contributed by atoms with E-state index in [-0.39, 0.29) is 5.91 Å². The van der Waals surface area contributed by atoms with Crippen LogP contribution in [0.2, 0.25) is 0 Å². The lowest BCUT2D eigenvalue weighted by Crippen LogP contribution is -2.42. The first kappa shape index (κ1) is 12.0. The summed E-state index contributed by atoms with van der Waals surface area (Å²) in [7, 11) is 0. The minimum absolute atomic E-state index is 0.00657. The Labute approximate surface area is 80.1 Å². The van der Waals surface area contributed by atoms with Crippen LogP contribution in [0.15, 0.2) is 0 Å². The van der Waals surface area contributed by atoms with Crippen molar-refractivity contribution in [2.45, 2.75) is 27.2 Å². The highest BCUT2D eigenvalue weighted by Crippen LogP contribution is 2.11. The largest absolute Gasteiger partial charge is 0.355 e. The Bertz CT molecular complexity index is 223. The summed E-state index contributed by atoms with van der Waals surface area (Å²) in [4.78, 5) is 11.4. The molecule has 0 unspecified atom stereocenters. The smallest absolute Gasteiger partial charge is 0.226 e. The van der Waals surface area contributed by atoms with Gasteiger partial charge in [0.15, 0.2) is 0 Å². The molecule has 0 fully saturated rings. The van der Waals surface area contributed by atoms with Gasteiger partial charge in [0, 0.05) is 19.5 Å². The fourth-order valence-corrected chi connectivity index (χ4v) is 0.696. The fraction of sp³-hybridized carbons (Fsp3) is 0.700. The Morgan fingerprint density at radius 1 is 1.54 bits per heavy atom. The quantitative estimate of drug-likeness (QED) is 0.491. The van der Waals surface area contributed by atoms with Crippen LogP contribution in [0.3, 0.4) is 0 Å². The lowest BCUT2D eigenvalue weighted by molar-refractivity contribution is -0.128. The minimum atomic E-state index is -0.473. The SMILES string of the molecule is CC#CCCNC(=O)C(C)(C)CN. The van der Waals surface area contributed by atoms with Crippen molar-refractivity contribution in [1.29, 1.82) is 0 Å². The van der Waals surface area contributed by atoms with Gasteiger partial charge in [-0.15, -0.1) is 11.8 Å². The van der Waals surface area contributed by atoms with Crippen LogP contribution >= 0.6 is 0 Å². The van der Waals surface area contributed by atoms with Gasteiger partial charge in [-0.1, -0.05) is 0 Å². The van der Waals surface area contributed by atoms with Crippen molar-refractivity contribution >= 4 is 5.91 Å². The number of rotatable bonds is 4. The summed E-state index contributed by atoms with van der Waals surface area (Å²) in [5.74, 6) is 5.64. The minimum Gasteiger partial charge on any atom is -0.355 e. The molecule has 0 heterocycles. The normalized spacial score (nSPS) is 10.2. The first-order chi connectivity index (χ1) is 6.04. The van der Waals surface area contributed by atoms with E-state index in [1.54, 1.807) is 6.92 Å². The van der Waals surface area contributed by atoms with E-state index in [0.29, 0.717) is 19.5 Å². The van der Waals surface area contributed by atoms with E-state index < -0.39 is 5.41 Å². The zero-order valence-corrected chi connectivity index (χ0v) is 8.61. The molecule has 0 saturated carbocycles. The van der Waals surface area contributed by atoms with Crippen LogP contribution in [0, 0.1) is 17.3 Å². The molecule has 0 aromatic carbocycles. The topological polar surface area (TPSA) is 55.1 Å². The number of nitrogens with two attached hydrogens (primary N) is 1. The maximum Gasteiger partial charge on any atom is 0.226 e. The van der Waals surface area contributed by atoms with Gasteiger partial charge in [0.2, 0.25) is 5.91 Å². The molecular formula is C10H18N2O. The number of carbonyl (C=O) groups is 1. The van der Waals surface area contributed by atoms with E-state index >= 15 is 0 Å². The van der Waals surface area contributed by atoms with Crippen molar-refractivity contribution in [3.05, 3.63) is 0 Å². The van der Waals surface area contributed by atoms with E-state index in [2.05, 4.69) is 17.2 Å². The highest BCUT2D eigenvalue weighted by Gasteiger charge is 2.24. The second-order valence-corrected chi connectivity index (χ2v) is 3.52. The van der Waals surface area contributed by atoms with E-state index in [0.717, 1.165) is 0 Å². The molecule has 0 aliphatic heterocycles. The number of carbonyl (C=O) groups excluding carboxylic acids is 1. The van der Waals surface area contributed by atoms with E-state index in [4.69, 9.17) is 5.73 Å². The second-order valence-electron chi connectivity index (χ2n) is 3.52.